The van der Waals surface area contributed by atoms with Crippen LogP contribution in [0.3, 0.4) is 0 Å². The molecular weight excluding hydrogens is 388 g/mol. The highest BCUT2D eigenvalue weighted by Crippen LogP contribution is 2.51. The van der Waals surface area contributed by atoms with E-state index in [1.165, 1.54) is 37.8 Å². The van der Waals surface area contributed by atoms with Crippen LogP contribution in [-0.4, -0.2) is 32.2 Å². The fraction of sp³-hybridized carbons (Fsp3) is 0.632. The number of phenolic OH excluding ortho intramolecular Hbond substituents is 1. The number of nitrogens with two attached hydrogens (primary N) is 1. The van der Waals surface area contributed by atoms with Crippen molar-refractivity contribution in [3.8, 4) is 11.5 Å². The molecule has 2 bridgehead atoms. The van der Waals surface area contributed by atoms with Gasteiger partial charge >= 0.3 is 0 Å². The second-order valence-electron chi connectivity index (χ2n) is 8.31. The van der Waals surface area contributed by atoms with Gasteiger partial charge in [-0.1, -0.05) is 31.4 Å². The minimum absolute atomic E-state index is 0.0694. The van der Waals surface area contributed by atoms with Crippen LogP contribution in [0.4, 0.5) is 0 Å². The lowest BCUT2D eigenvalue weighted by Gasteiger charge is -2.47. The zero-order chi connectivity index (χ0) is 19.8. The molecule has 2 fully saturated rings. The summed E-state index contributed by atoms with van der Waals surface area (Å²) in [6.45, 7) is 2.88. The molecular formula is C19H27ClN2O4S. The van der Waals surface area contributed by atoms with E-state index in [1.54, 1.807) is 0 Å². The molecule has 2 aliphatic rings. The van der Waals surface area contributed by atoms with Gasteiger partial charge in [0.1, 0.15) is 17.3 Å². The average molecular weight is 415 g/mol. The van der Waals surface area contributed by atoms with Crippen LogP contribution in [0.2, 0.25) is 5.02 Å². The molecule has 150 valence electrons. The summed E-state index contributed by atoms with van der Waals surface area (Å²) in [6.07, 6.45) is 8.27. The second kappa shape index (κ2) is 7.51. The molecule has 8 heteroatoms. The van der Waals surface area contributed by atoms with Gasteiger partial charge in [-0.15, -0.1) is 4.40 Å². The molecule has 3 N–H and O–H groups in total. The van der Waals surface area contributed by atoms with Crippen LogP contribution < -0.4 is 10.5 Å². The molecule has 0 saturated heterocycles. The predicted molar refractivity (Wildman–Crippen MR) is 107 cm³/mol. The molecule has 0 heterocycles. The summed E-state index contributed by atoms with van der Waals surface area (Å²) >= 11 is 6.30. The van der Waals surface area contributed by atoms with Crippen LogP contribution in [0.15, 0.2) is 16.5 Å². The number of ether oxygens (including phenoxy) is 1. The first kappa shape index (κ1) is 20.3. The van der Waals surface area contributed by atoms with E-state index in [9.17, 15) is 13.5 Å². The predicted octanol–water partition coefficient (Wildman–Crippen LogP) is 3.70. The van der Waals surface area contributed by atoms with Crippen LogP contribution in [0.25, 0.3) is 0 Å². The standard InChI is InChI=1S/C19H27ClN2O4S/c1-12-6-13-4-3-5-19(9-12,10-13)11-26-17-8-16(23)14(7-15(17)20)18(21)22-27(2,24)25/h7-8,12-13,23H,3-6,9-11H2,1-2H3,(H2,21,22). The van der Waals surface area contributed by atoms with E-state index in [1.807, 2.05) is 0 Å². The van der Waals surface area contributed by atoms with Gasteiger partial charge in [-0.25, -0.2) is 8.42 Å². The minimum Gasteiger partial charge on any atom is -0.507 e. The number of fused-ring (bicyclic) bond motifs is 2. The largest absolute Gasteiger partial charge is 0.507 e. The quantitative estimate of drug-likeness (QED) is 0.565. The Kier molecular flexibility index (Phi) is 5.64. The summed E-state index contributed by atoms with van der Waals surface area (Å²) in [5.74, 6) is 1.34. The highest BCUT2D eigenvalue weighted by atomic mass is 35.5. The van der Waals surface area contributed by atoms with Gasteiger partial charge in [-0.3, -0.25) is 0 Å². The Balaban J connectivity index is 1.78. The summed E-state index contributed by atoms with van der Waals surface area (Å²) in [5, 5.41) is 10.5. The van der Waals surface area contributed by atoms with Crippen LogP contribution in [0, 0.1) is 17.3 Å². The van der Waals surface area contributed by atoms with Gasteiger partial charge in [-0.05, 0) is 43.6 Å². The Morgan fingerprint density at radius 3 is 2.89 bits per heavy atom. The van der Waals surface area contributed by atoms with E-state index in [0.29, 0.717) is 18.3 Å². The van der Waals surface area contributed by atoms with Crippen molar-refractivity contribution >= 4 is 27.5 Å². The highest BCUT2D eigenvalue weighted by Gasteiger charge is 2.42. The number of hydrogen-bond acceptors (Lipinski definition) is 4. The van der Waals surface area contributed by atoms with E-state index in [0.717, 1.165) is 25.0 Å². The normalized spacial score (nSPS) is 28.8. The molecule has 6 nitrogen and oxygen atoms in total. The van der Waals surface area contributed by atoms with Crippen molar-refractivity contribution in [2.75, 3.05) is 12.9 Å². The molecule has 0 amide bonds. The van der Waals surface area contributed by atoms with Gasteiger partial charge in [-0.2, -0.15) is 0 Å². The monoisotopic (exact) mass is 414 g/mol. The molecule has 0 aromatic heterocycles. The van der Waals surface area contributed by atoms with E-state index >= 15 is 0 Å². The molecule has 27 heavy (non-hydrogen) atoms. The van der Waals surface area contributed by atoms with Gasteiger partial charge in [0.15, 0.2) is 0 Å². The first-order chi connectivity index (χ1) is 12.6. The SMILES string of the molecule is CC1CC2CCCC(COc3cc(O)c(C(N)=NS(C)(=O)=O)cc3Cl)(C1)C2. The van der Waals surface area contributed by atoms with Gasteiger partial charge in [0.05, 0.1) is 23.4 Å². The van der Waals surface area contributed by atoms with Crippen LogP contribution in [0.1, 0.15) is 51.0 Å². The van der Waals surface area contributed by atoms with Crippen molar-refractivity contribution in [2.24, 2.45) is 27.4 Å². The summed E-state index contributed by atoms with van der Waals surface area (Å²) < 4.78 is 32.0. The third-order valence-electron chi connectivity index (χ3n) is 5.68. The number of phenols is 1. The van der Waals surface area contributed by atoms with Gasteiger partial charge < -0.3 is 15.6 Å². The Morgan fingerprint density at radius 1 is 1.44 bits per heavy atom. The lowest BCUT2D eigenvalue weighted by molar-refractivity contribution is 0.00486. The topological polar surface area (TPSA) is 102 Å². The fourth-order valence-electron chi connectivity index (χ4n) is 4.87. The van der Waals surface area contributed by atoms with Gasteiger partial charge in [0.25, 0.3) is 10.0 Å². The summed E-state index contributed by atoms with van der Waals surface area (Å²) in [4.78, 5) is 0. The Labute approximate surface area is 165 Å². The lowest BCUT2D eigenvalue weighted by atomic mass is 9.59. The number of rotatable bonds is 5. The van der Waals surface area contributed by atoms with Gasteiger partial charge in [0.2, 0.25) is 0 Å². The number of nitrogens with zero attached hydrogens (tertiary/aromatic N) is 1. The average Bonchev–Trinajstić information content (AvgIpc) is 2.53. The summed E-state index contributed by atoms with van der Waals surface area (Å²) in [7, 11) is -3.67. The number of benzene rings is 1. The molecule has 1 aromatic carbocycles. The minimum atomic E-state index is -3.67. The first-order valence-corrected chi connectivity index (χ1v) is 11.5. The first-order valence-electron chi connectivity index (χ1n) is 9.28. The van der Waals surface area contributed by atoms with Gasteiger partial charge in [0, 0.05) is 11.5 Å². The van der Waals surface area contributed by atoms with E-state index < -0.39 is 10.0 Å². The highest BCUT2D eigenvalue weighted by molar-refractivity contribution is 7.89. The molecule has 3 rings (SSSR count). The Hall–Kier alpha value is -1.47. The van der Waals surface area contributed by atoms with Crippen molar-refractivity contribution in [2.45, 2.75) is 45.4 Å². The molecule has 3 unspecified atom stereocenters. The molecule has 2 aliphatic carbocycles. The fourth-order valence-corrected chi connectivity index (χ4v) is 5.54. The number of halogens is 1. The molecule has 0 radical (unpaired) electrons. The lowest BCUT2D eigenvalue weighted by Crippen LogP contribution is -2.40. The van der Waals surface area contributed by atoms with Crippen molar-refractivity contribution in [3.63, 3.8) is 0 Å². The van der Waals surface area contributed by atoms with Crippen molar-refractivity contribution in [1.29, 1.82) is 0 Å². The van der Waals surface area contributed by atoms with Crippen LogP contribution >= 0.6 is 11.6 Å². The summed E-state index contributed by atoms with van der Waals surface area (Å²) in [5.41, 5.74) is 5.93. The Morgan fingerprint density at radius 2 is 2.19 bits per heavy atom. The maximum absolute atomic E-state index is 11.3. The van der Waals surface area contributed by atoms with Crippen molar-refractivity contribution in [3.05, 3.63) is 22.7 Å². The van der Waals surface area contributed by atoms with Crippen molar-refractivity contribution < 1.29 is 18.3 Å². The Bertz CT molecular complexity index is 852. The van der Waals surface area contributed by atoms with Crippen LogP contribution in [-0.2, 0) is 10.0 Å². The molecule has 1 aromatic rings. The third kappa shape index (κ3) is 4.88. The number of sulfonamides is 1. The van der Waals surface area contributed by atoms with E-state index in [4.69, 9.17) is 22.1 Å². The second-order valence-corrected chi connectivity index (χ2v) is 10.4. The number of hydrogen-bond donors (Lipinski definition) is 2. The maximum atomic E-state index is 11.3. The zero-order valence-corrected chi connectivity index (χ0v) is 17.3. The molecule has 0 spiro atoms. The van der Waals surface area contributed by atoms with Crippen molar-refractivity contribution in [1.82, 2.24) is 0 Å². The number of aromatic hydroxyl groups is 1. The van der Waals surface area contributed by atoms with E-state index in [2.05, 4.69) is 11.3 Å². The van der Waals surface area contributed by atoms with E-state index in [-0.39, 0.29) is 27.6 Å². The summed E-state index contributed by atoms with van der Waals surface area (Å²) in [6, 6.07) is 2.77. The third-order valence-corrected chi connectivity index (χ3v) is 6.51. The van der Waals surface area contributed by atoms with Crippen LogP contribution in [0.5, 0.6) is 11.5 Å². The smallest absolute Gasteiger partial charge is 0.252 e. The maximum Gasteiger partial charge on any atom is 0.252 e. The molecule has 0 aliphatic heterocycles. The molecule has 2 saturated carbocycles. The number of amidine groups is 1. The molecule has 3 atom stereocenters. The zero-order valence-electron chi connectivity index (χ0n) is 15.7.